The summed E-state index contributed by atoms with van der Waals surface area (Å²) in [7, 11) is 0. The lowest BCUT2D eigenvalue weighted by Gasteiger charge is -2.11. The standard InChI is InChI=1S/C13H15N5O/c19-13(11-3-1-6-14-11)17-10-4-5-12(15-9-10)18-8-2-7-16-18/h2,4-5,7-9,11,14H,1,3,6H2,(H,17,19)/t11-/m0/s1. The highest BCUT2D eigenvalue weighted by Crippen LogP contribution is 2.12. The Bertz CT molecular complexity index is 543. The molecule has 3 heterocycles. The molecule has 2 N–H and O–H groups in total. The number of nitrogens with zero attached hydrogens (tertiary/aromatic N) is 3. The van der Waals surface area contributed by atoms with Crippen LogP contribution >= 0.6 is 0 Å². The Hall–Kier alpha value is -2.21. The summed E-state index contributed by atoms with van der Waals surface area (Å²) in [5, 5.41) is 10.1. The van der Waals surface area contributed by atoms with Crippen LogP contribution in [-0.2, 0) is 4.79 Å². The van der Waals surface area contributed by atoms with Crippen molar-refractivity contribution >= 4 is 11.6 Å². The topological polar surface area (TPSA) is 71.8 Å². The average Bonchev–Trinajstić information content (AvgIpc) is 3.13. The Balaban J connectivity index is 1.67. The second-order valence-electron chi connectivity index (χ2n) is 4.49. The van der Waals surface area contributed by atoms with Crippen LogP contribution in [-0.4, -0.2) is 33.3 Å². The van der Waals surface area contributed by atoms with Crippen molar-refractivity contribution in [3.8, 4) is 5.82 Å². The SMILES string of the molecule is O=C(Nc1ccc(-n2cccn2)nc1)[C@@H]1CCCN1. The van der Waals surface area contributed by atoms with E-state index in [0.29, 0.717) is 5.69 Å². The van der Waals surface area contributed by atoms with Crippen LogP contribution in [0.5, 0.6) is 0 Å². The van der Waals surface area contributed by atoms with Crippen LogP contribution in [0.4, 0.5) is 5.69 Å². The van der Waals surface area contributed by atoms with Gasteiger partial charge in [0, 0.05) is 12.4 Å². The van der Waals surface area contributed by atoms with Gasteiger partial charge in [0.2, 0.25) is 5.91 Å². The van der Waals surface area contributed by atoms with Crippen molar-refractivity contribution < 1.29 is 4.79 Å². The quantitative estimate of drug-likeness (QED) is 0.859. The summed E-state index contributed by atoms with van der Waals surface area (Å²) in [6, 6.07) is 5.41. The van der Waals surface area contributed by atoms with Crippen LogP contribution in [0.2, 0.25) is 0 Å². The van der Waals surface area contributed by atoms with Crippen LogP contribution in [0.25, 0.3) is 5.82 Å². The minimum atomic E-state index is -0.0780. The predicted molar refractivity (Wildman–Crippen MR) is 71.0 cm³/mol. The number of anilines is 1. The van der Waals surface area contributed by atoms with Crippen molar-refractivity contribution in [1.82, 2.24) is 20.1 Å². The van der Waals surface area contributed by atoms with E-state index in [1.807, 2.05) is 24.4 Å². The fraction of sp³-hybridized carbons (Fsp3) is 0.308. The van der Waals surface area contributed by atoms with E-state index in [2.05, 4.69) is 20.7 Å². The van der Waals surface area contributed by atoms with Gasteiger partial charge in [-0.15, -0.1) is 0 Å². The predicted octanol–water partition coefficient (Wildman–Crippen LogP) is 0.958. The highest BCUT2D eigenvalue weighted by molar-refractivity contribution is 5.94. The van der Waals surface area contributed by atoms with Gasteiger partial charge in [-0.2, -0.15) is 5.10 Å². The van der Waals surface area contributed by atoms with Gasteiger partial charge in [0.25, 0.3) is 0 Å². The summed E-state index contributed by atoms with van der Waals surface area (Å²) in [5.41, 5.74) is 0.703. The summed E-state index contributed by atoms with van der Waals surface area (Å²) in [5.74, 6) is 0.730. The number of carbonyl (C=O) groups excluding carboxylic acids is 1. The van der Waals surface area contributed by atoms with Crippen molar-refractivity contribution in [3.63, 3.8) is 0 Å². The number of rotatable bonds is 3. The molecule has 0 unspecified atom stereocenters. The molecular formula is C13H15N5O. The molecule has 19 heavy (non-hydrogen) atoms. The third-order valence-electron chi connectivity index (χ3n) is 3.13. The summed E-state index contributed by atoms with van der Waals surface area (Å²) in [4.78, 5) is 16.2. The molecule has 0 aromatic carbocycles. The van der Waals surface area contributed by atoms with Gasteiger partial charge in [-0.1, -0.05) is 0 Å². The number of nitrogens with one attached hydrogen (secondary N) is 2. The van der Waals surface area contributed by atoms with Crippen molar-refractivity contribution in [3.05, 3.63) is 36.8 Å². The first kappa shape index (κ1) is 11.9. The van der Waals surface area contributed by atoms with E-state index in [9.17, 15) is 4.79 Å². The highest BCUT2D eigenvalue weighted by atomic mass is 16.2. The summed E-state index contributed by atoms with van der Waals surface area (Å²) < 4.78 is 1.67. The first-order valence-electron chi connectivity index (χ1n) is 6.33. The monoisotopic (exact) mass is 257 g/mol. The lowest BCUT2D eigenvalue weighted by molar-refractivity contribution is -0.117. The average molecular weight is 257 g/mol. The Morgan fingerprint density at radius 3 is 3.05 bits per heavy atom. The molecule has 1 saturated heterocycles. The maximum Gasteiger partial charge on any atom is 0.241 e. The van der Waals surface area contributed by atoms with E-state index in [4.69, 9.17) is 0 Å². The fourth-order valence-corrected chi connectivity index (χ4v) is 2.14. The van der Waals surface area contributed by atoms with Gasteiger partial charge in [-0.25, -0.2) is 9.67 Å². The molecule has 6 nitrogen and oxygen atoms in total. The Kier molecular flexibility index (Phi) is 3.24. The van der Waals surface area contributed by atoms with Crippen LogP contribution in [0.15, 0.2) is 36.8 Å². The van der Waals surface area contributed by atoms with Crippen molar-refractivity contribution in [2.45, 2.75) is 18.9 Å². The number of aromatic nitrogens is 3. The molecule has 0 saturated carbocycles. The zero-order chi connectivity index (χ0) is 13.1. The van der Waals surface area contributed by atoms with Crippen LogP contribution in [0, 0.1) is 0 Å². The van der Waals surface area contributed by atoms with Gasteiger partial charge in [0.1, 0.15) is 0 Å². The van der Waals surface area contributed by atoms with Crippen molar-refractivity contribution in [1.29, 1.82) is 0 Å². The molecule has 1 amide bonds. The molecule has 0 bridgehead atoms. The van der Waals surface area contributed by atoms with Gasteiger partial charge in [-0.3, -0.25) is 4.79 Å². The molecule has 1 atom stereocenters. The van der Waals surface area contributed by atoms with Crippen LogP contribution in [0.3, 0.4) is 0 Å². The van der Waals surface area contributed by atoms with Crippen LogP contribution in [0.1, 0.15) is 12.8 Å². The van der Waals surface area contributed by atoms with Crippen molar-refractivity contribution in [2.24, 2.45) is 0 Å². The first-order valence-corrected chi connectivity index (χ1v) is 6.33. The number of hydrogen-bond acceptors (Lipinski definition) is 4. The number of hydrogen-bond donors (Lipinski definition) is 2. The van der Waals surface area contributed by atoms with Crippen LogP contribution < -0.4 is 10.6 Å². The second-order valence-corrected chi connectivity index (χ2v) is 4.49. The minimum Gasteiger partial charge on any atom is -0.323 e. The largest absolute Gasteiger partial charge is 0.323 e. The van der Waals surface area contributed by atoms with E-state index < -0.39 is 0 Å². The Morgan fingerprint density at radius 1 is 1.47 bits per heavy atom. The first-order chi connectivity index (χ1) is 9.33. The van der Waals surface area contributed by atoms with E-state index in [1.165, 1.54) is 0 Å². The molecular weight excluding hydrogens is 242 g/mol. The molecule has 2 aromatic rings. The van der Waals surface area contributed by atoms with E-state index in [0.717, 1.165) is 25.2 Å². The second kappa shape index (κ2) is 5.19. The Morgan fingerprint density at radius 2 is 2.42 bits per heavy atom. The van der Waals surface area contributed by atoms with Gasteiger partial charge < -0.3 is 10.6 Å². The number of pyridine rings is 1. The Labute approximate surface area is 110 Å². The molecule has 0 aliphatic carbocycles. The summed E-state index contributed by atoms with van der Waals surface area (Å²) >= 11 is 0. The molecule has 6 heteroatoms. The molecule has 0 spiro atoms. The van der Waals surface area contributed by atoms with Crippen molar-refractivity contribution in [2.75, 3.05) is 11.9 Å². The molecule has 3 rings (SSSR count). The third kappa shape index (κ3) is 2.63. The molecule has 98 valence electrons. The smallest absolute Gasteiger partial charge is 0.241 e. The van der Waals surface area contributed by atoms with Gasteiger partial charge in [-0.05, 0) is 37.6 Å². The summed E-state index contributed by atoms with van der Waals surface area (Å²) in [6.45, 7) is 0.911. The zero-order valence-electron chi connectivity index (χ0n) is 10.4. The number of carbonyl (C=O) groups is 1. The van der Waals surface area contributed by atoms with Gasteiger partial charge >= 0.3 is 0 Å². The molecule has 0 radical (unpaired) electrons. The number of amides is 1. The normalized spacial score (nSPS) is 18.4. The van der Waals surface area contributed by atoms with Gasteiger partial charge in [0.15, 0.2) is 5.82 Å². The van der Waals surface area contributed by atoms with E-state index in [-0.39, 0.29) is 11.9 Å². The fourth-order valence-electron chi connectivity index (χ4n) is 2.14. The zero-order valence-corrected chi connectivity index (χ0v) is 10.4. The summed E-state index contributed by atoms with van der Waals surface area (Å²) in [6.07, 6.45) is 7.11. The van der Waals surface area contributed by atoms with E-state index in [1.54, 1.807) is 17.1 Å². The molecule has 2 aromatic heterocycles. The maximum atomic E-state index is 11.9. The maximum absolute atomic E-state index is 11.9. The lowest BCUT2D eigenvalue weighted by Crippen LogP contribution is -2.35. The third-order valence-corrected chi connectivity index (χ3v) is 3.13. The van der Waals surface area contributed by atoms with Gasteiger partial charge in [0.05, 0.1) is 17.9 Å². The van der Waals surface area contributed by atoms with E-state index >= 15 is 0 Å². The molecule has 1 aliphatic rings. The molecule has 1 aliphatic heterocycles. The highest BCUT2D eigenvalue weighted by Gasteiger charge is 2.21. The molecule has 1 fully saturated rings. The lowest BCUT2D eigenvalue weighted by atomic mass is 10.2. The minimum absolute atomic E-state index is 0.00568.